The Morgan fingerprint density at radius 1 is 1.39 bits per heavy atom. The van der Waals surface area contributed by atoms with E-state index in [4.69, 9.17) is 11.0 Å². The number of hydrogen-bond acceptors (Lipinski definition) is 5. The summed E-state index contributed by atoms with van der Waals surface area (Å²) < 4.78 is 0. The van der Waals surface area contributed by atoms with Gasteiger partial charge in [-0.05, 0) is 24.1 Å². The molecule has 0 aliphatic carbocycles. The van der Waals surface area contributed by atoms with Crippen LogP contribution in [-0.4, -0.2) is 15.2 Å². The SMILES string of the molecule is CCCc1c(C#N)c(N)nc2ccc(O)c(O)c12. The Bertz CT molecular complexity index is 660. The van der Waals surface area contributed by atoms with Crippen LogP contribution in [0, 0.1) is 11.3 Å². The molecular weight excluding hydrogens is 230 g/mol. The molecule has 4 N–H and O–H groups in total. The smallest absolute Gasteiger partial charge is 0.167 e. The minimum Gasteiger partial charge on any atom is -0.504 e. The standard InChI is InChI=1S/C13H13N3O2/c1-2-3-7-8(6-14)13(15)16-9-4-5-10(17)12(18)11(7)9/h4-5,17-18H,2-3H2,1H3,(H2,15,16). The molecule has 0 radical (unpaired) electrons. The molecule has 2 aromatic rings. The number of anilines is 1. The normalized spacial score (nSPS) is 10.4. The van der Waals surface area contributed by atoms with Gasteiger partial charge in [-0.2, -0.15) is 5.26 Å². The number of phenolic OH excluding ortho intramolecular Hbond substituents is 2. The Kier molecular flexibility index (Phi) is 2.94. The Morgan fingerprint density at radius 2 is 2.11 bits per heavy atom. The first-order valence-electron chi connectivity index (χ1n) is 5.63. The molecule has 18 heavy (non-hydrogen) atoms. The van der Waals surface area contributed by atoms with E-state index in [0.29, 0.717) is 22.9 Å². The topological polar surface area (TPSA) is 103 Å². The second kappa shape index (κ2) is 4.41. The highest BCUT2D eigenvalue weighted by atomic mass is 16.3. The molecule has 5 nitrogen and oxygen atoms in total. The van der Waals surface area contributed by atoms with E-state index in [9.17, 15) is 10.2 Å². The molecule has 0 bridgehead atoms. The molecule has 1 aromatic carbocycles. The number of benzene rings is 1. The summed E-state index contributed by atoms with van der Waals surface area (Å²) in [4.78, 5) is 4.08. The maximum Gasteiger partial charge on any atom is 0.167 e. The summed E-state index contributed by atoms with van der Waals surface area (Å²) in [5.74, 6) is -0.325. The Labute approximate surface area is 104 Å². The summed E-state index contributed by atoms with van der Waals surface area (Å²) in [7, 11) is 0. The van der Waals surface area contributed by atoms with Gasteiger partial charge >= 0.3 is 0 Å². The summed E-state index contributed by atoms with van der Waals surface area (Å²) in [6, 6.07) is 4.93. The molecule has 0 aliphatic heterocycles. The number of pyridine rings is 1. The number of aromatic nitrogens is 1. The van der Waals surface area contributed by atoms with E-state index in [-0.39, 0.29) is 22.9 Å². The van der Waals surface area contributed by atoms with Gasteiger partial charge in [0.2, 0.25) is 0 Å². The Morgan fingerprint density at radius 3 is 2.72 bits per heavy atom. The van der Waals surface area contributed by atoms with Crippen molar-refractivity contribution in [1.29, 1.82) is 5.26 Å². The maximum absolute atomic E-state index is 9.94. The summed E-state index contributed by atoms with van der Waals surface area (Å²) in [6.07, 6.45) is 1.38. The van der Waals surface area contributed by atoms with Crippen LogP contribution in [-0.2, 0) is 6.42 Å². The summed E-state index contributed by atoms with van der Waals surface area (Å²) in [5, 5.41) is 29.0. The maximum atomic E-state index is 9.94. The molecule has 2 rings (SSSR count). The fourth-order valence-electron chi connectivity index (χ4n) is 2.05. The number of nitrogen functional groups attached to an aromatic ring is 1. The molecule has 0 spiro atoms. The molecule has 1 aromatic heterocycles. The van der Waals surface area contributed by atoms with E-state index in [2.05, 4.69) is 4.98 Å². The molecule has 0 fully saturated rings. The van der Waals surface area contributed by atoms with Crippen molar-refractivity contribution < 1.29 is 10.2 Å². The van der Waals surface area contributed by atoms with E-state index in [0.717, 1.165) is 6.42 Å². The number of rotatable bonds is 2. The molecule has 0 aliphatic rings. The quantitative estimate of drug-likeness (QED) is 0.700. The van der Waals surface area contributed by atoms with Crippen LogP contribution >= 0.6 is 0 Å². The molecular formula is C13H13N3O2. The first-order valence-corrected chi connectivity index (χ1v) is 5.63. The van der Waals surface area contributed by atoms with Crippen molar-refractivity contribution >= 4 is 16.7 Å². The van der Waals surface area contributed by atoms with Crippen LogP contribution in [0.3, 0.4) is 0 Å². The second-order valence-corrected chi connectivity index (χ2v) is 4.04. The van der Waals surface area contributed by atoms with Gasteiger partial charge in [0.1, 0.15) is 11.9 Å². The summed E-state index contributed by atoms with van der Waals surface area (Å²) in [5.41, 5.74) is 7.12. The monoisotopic (exact) mass is 243 g/mol. The molecule has 0 unspecified atom stereocenters. The van der Waals surface area contributed by atoms with Crippen molar-refractivity contribution in [2.45, 2.75) is 19.8 Å². The Hall–Kier alpha value is -2.48. The van der Waals surface area contributed by atoms with E-state index in [1.54, 1.807) is 6.07 Å². The molecule has 5 heteroatoms. The first-order chi connectivity index (χ1) is 8.60. The Balaban J connectivity index is 2.95. The van der Waals surface area contributed by atoms with Gasteiger partial charge in [0, 0.05) is 0 Å². The lowest BCUT2D eigenvalue weighted by Crippen LogP contribution is -2.02. The van der Waals surface area contributed by atoms with Gasteiger partial charge in [0.25, 0.3) is 0 Å². The highest BCUT2D eigenvalue weighted by molar-refractivity contribution is 5.93. The summed E-state index contributed by atoms with van der Waals surface area (Å²) in [6.45, 7) is 1.96. The number of aryl methyl sites for hydroxylation is 1. The molecule has 92 valence electrons. The van der Waals surface area contributed by atoms with E-state index in [1.807, 2.05) is 13.0 Å². The van der Waals surface area contributed by atoms with Gasteiger partial charge in [0.15, 0.2) is 11.5 Å². The van der Waals surface area contributed by atoms with Crippen LogP contribution < -0.4 is 5.73 Å². The van der Waals surface area contributed by atoms with Gasteiger partial charge in [-0.3, -0.25) is 0 Å². The zero-order chi connectivity index (χ0) is 13.3. The molecule has 0 amide bonds. The predicted molar refractivity (Wildman–Crippen MR) is 68.2 cm³/mol. The number of aromatic hydroxyl groups is 2. The zero-order valence-electron chi connectivity index (χ0n) is 9.94. The highest BCUT2D eigenvalue weighted by Gasteiger charge is 2.17. The number of fused-ring (bicyclic) bond motifs is 1. The van der Waals surface area contributed by atoms with Crippen molar-refractivity contribution in [3.8, 4) is 17.6 Å². The number of nitrogens with two attached hydrogens (primary N) is 1. The molecule has 0 saturated carbocycles. The van der Waals surface area contributed by atoms with Crippen LogP contribution in [0.5, 0.6) is 11.5 Å². The number of nitriles is 1. The minimum atomic E-state index is -0.250. The number of hydrogen-bond donors (Lipinski definition) is 3. The second-order valence-electron chi connectivity index (χ2n) is 4.04. The highest BCUT2D eigenvalue weighted by Crippen LogP contribution is 2.37. The van der Waals surface area contributed by atoms with Gasteiger partial charge in [-0.15, -0.1) is 0 Å². The van der Waals surface area contributed by atoms with Crippen LogP contribution in [0.15, 0.2) is 12.1 Å². The van der Waals surface area contributed by atoms with Gasteiger partial charge in [0.05, 0.1) is 16.5 Å². The van der Waals surface area contributed by atoms with Crippen LogP contribution in [0.1, 0.15) is 24.5 Å². The predicted octanol–water partition coefficient (Wildman–Crippen LogP) is 2.05. The molecule has 0 saturated heterocycles. The lowest BCUT2D eigenvalue weighted by Gasteiger charge is -2.11. The molecule has 0 atom stereocenters. The average molecular weight is 243 g/mol. The van der Waals surface area contributed by atoms with Gasteiger partial charge in [-0.25, -0.2) is 4.98 Å². The van der Waals surface area contributed by atoms with Crippen molar-refractivity contribution in [2.24, 2.45) is 0 Å². The van der Waals surface area contributed by atoms with Crippen molar-refractivity contribution in [1.82, 2.24) is 4.98 Å². The third-order valence-electron chi connectivity index (χ3n) is 2.85. The van der Waals surface area contributed by atoms with E-state index in [1.165, 1.54) is 6.07 Å². The van der Waals surface area contributed by atoms with Crippen molar-refractivity contribution in [2.75, 3.05) is 5.73 Å². The fourth-order valence-corrected chi connectivity index (χ4v) is 2.05. The lowest BCUT2D eigenvalue weighted by atomic mass is 9.98. The van der Waals surface area contributed by atoms with E-state index >= 15 is 0 Å². The van der Waals surface area contributed by atoms with E-state index < -0.39 is 0 Å². The average Bonchev–Trinajstić information content (AvgIpc) is 2.34. The van der Waals surface area contributed by atoms with Crippen molar-refractivity contribution in [3.63, 3.8) is 0 Å². The van der Waals surface area contributed by atoms with Crippen LogP contribution in [0.4, 0.5) is 5.82 Å². The number of nitrogens with zero attached hydrogens (tertiary/aromatic N) is 2. The third-order valence-corrected chi connectivity index (χ3v) is 2.85. The fraction of sp³-hybridized carbons (Fsp3) is 0.231. The van der Waals surface area contributed by atoms with Gasteiger partial charge < -0.3 is 15.9 Å². The van der Waals surface area contributed by atoms with Crippen LogP contribution in [0.2, 0.25) is 0 Å². The first kappa shape index (κ1) is 12.0. The lowest BCUT2D eigenvalue weighted by molar-refractivity contribution is 0.408. The van der Waals surface area contributed by atoms with Gasteiger partial charge in [-0.1, -0.05) is 13.3 Å². The zero-order valence-corrected chi connectivity index (χ0v) is 9.94. The van der Waals surface area contributed by atoms with Crippen LogP contribution in [0.25, 0.3) is 10.9 Å². The number of phenols is 2. The van der Waals surface area contributed by atoms with Crippen molar-refractivity contribution in [3.05, 3.63) is 23.3 Å². The third kappa shape index (κ3) is 1.68. The largest absolute Gasteiger partial charge is 0.504 e. The molecule has 1 heterocycles. The minimum absolute atomic E-state index is 0.151. The summed E-state index contributed by atoms with van der Waals surface area (Å²) >= 11 is 0.